The fourth-order valence-corrected chi connectivity index (χ4v) is 1.59. The second kappa shape index (κ2) is 6.44. The zero-order chi connectivity index (χ0) is 13.5. The number of amides is 1. The third kappa shape index (κ3) is 4.35. The van der Waals surface area contributed by atoms with Crippen LogP contribution >= 0.6 is 0 Å². The van der Waals surface area contributed by atoms with Gasteiger partial charge in [0.1, 0.15) is 5.82 Å². The molecule has 1 amide bonds. The Hall–Kier alpha value is -2.49. The van der Waals surface area contributed by atoms with Crippen LogP contribution in [0.15, 0.2) is 59.7 Å². The molecule has 0 fully saturated rings. The maximum Gasteiger partial charge on any atom is 0.244 e. The summed E-state index contributed by atoms with van der Waals surface area (Å²) in [5, 5.41) is 3.79. The number of rotatable bonds is 4. The molecule has 0 radical (unpaired) electrons. The second-order valence-electron chi connectivity index (χ2n) is 4.01. The van der Waals surface area contributed by atoms with Crippen molar-refractivity contribution in [3.05, 3.63) is 71.5 Å². The summed E-state index contributed by atoms with van der Waals surface area (Å²) in [6, 6.07) is 15.4. The van der Waals surface area contributed by atoms with Crippen molar-refractivity contribution >= 4 is 12.1 Å². The van der Waals surface area contributed by atoms with E-state index < -0.39 is 0 Å². The fraction of sp³-hybridized carbons (Fsp3) is 0.0667. The van der Waals surface area contributed by atoms with E-state index in [1.165, 1.54) is 18.3 Å². The van der Waals surface area contributed by atoms with Crippen LogP contribution in [0, 0.1) is 5.82 Å². The van der Waals surface area contributed by atoms with Gasteiger partial charge in [-0.3, -0.25) is 4.79 Å². The molecule has 2 aromatic rings. The number of hydrazone groups is 1. The predicted molar refractivity (Wildman–Crippen MR) is 72.3 cm³/mol. The lowest BCUT2D eigenvalue weighted by Crippen LogP contribution is -2.19. The third-order valence-electron chi connectivity index (χ3n) is 2.46. The molecule has 3 nitrogen and oxygen atoms in total. The van der Waals surface area contributed by atoms with Gasteiger partial charge in [0, 0.05) is 0 Å². The third-order valence-corrected chi connectivity index (χ3v) is 2.46. The molecule has 0 atom stereocenters. The smallest absolute Gasteiger partial charge is 0.244 e. The van der Waals surface area contributed by atoms with Gasteiger partial charge in [-0.25, -0.2) is 9.82 Å². The summed E-state index contributed by atoms with van der Waals surface area (Å²) in [6.07, 6.45) is 1.67. The van der Waals surface area contributed by atoms with Crippen molar-refractivity contribution in [2.75, 3.05) is 0 Å². The molecule has 0 unspecified atom stereocenters. The van der Waals surface area contributed by atoms with Crippen LogP contribution in [0.4, 0.5) is 4.39 Å². The molecule has 0 saturated carbocycles. The number of hydrogen-bond acceptors (Lipinski definition) is 2. The summed E-state index contributed by atoms with van der Waals surface area (Å²) >= 11 is 0. The highest BCUT2D eigenvalue weighted by molar-refractivity contribution is 5.83. The average Bonchev–Trinajstić information content (AvgIpc) is 2.40. The number of carbonyl (C=O) groups excluding carboxylic acids is 1. The van der Waals surface area contributed by atoms with E-state index in [-0.39, 0.29) is 18.1 Å². The second-order valence-corrected chi connectivity index (χ2v) is 4.01. The summed E-state index contributed by atoms with van der Waals surface area (Å²) in [5.74, 6) is -0.543. The molecule has 4 heteroatoms. The molecule has 2 rings (SSSR count). The molecule has 0 spiro atoms. The SMILES string of the molecule is O=C(Cc1ccccc1)NN=Cc1cccc(F)c1. The molecule has 0 heterocycles. The van der Waals surface area contributed by atoms with Crippen LogP contribution < -0.4 is 5.43 Å². The monoisotopic (exact) mass is 256 g/mol. The van der Waals surface area contributed by atoms with Gasteiger partial charge in [-0.15, -0.1) is 0 Å². The minimum absolute atomic E-state index is 0.209. The minimum Gasteiger partial charge on any atom is -0.273 e. The quantitative estimate of drug-likeness (QED) is 0.662. The van der Waals surface area contributed by atoms with Gasteiger partial charge in [-0.05, 0) is 23.3 Å². The largest absolute Gasteiger partial charge is 0.273 e. The molecule has 19 heavy (non-hydrogen) atoms. The van der Waals surface area contributed by atoms with Crippen LogP contribution in [0.2, 0.25) is 0 Å². The van der Waals surface area contributed by atoms with E-state index in [9.17, 15) is 9.18 Å². The predicted octanol–water partition coefficient (Wildman–Crippen LogP) is 2.52. The lowest BCUT2D eigenvalue weighted by molar-refractivity contribution is -0.120. The van der Waals surface area contributed by atoms with Crippen molar-refractivity contribution in [1.29, 1.82) is 0 Å². The van der Waals surface area contributed by atoms with Gasteiger partial charge in [0.05, 0.1) is 12.6 Å². The molecule has 96 valence electrons. The van der Waals surface area contributed by atoms with E-state index in [1.54, 1.807) is 12.1 Å². The van der Waals surface area contributed by atoms with E-state index in [2.05, 4.69) is 10.5 Å². The zero-order valence-corrected chi connectivity index (χ0v) is 10.2. The van der Waals surface area contributed by atoms with Crippen molar-refractivity contribution in [2.24, 2.45) is 5.10 Å². The van der Waals surface area contributed by atoms with Gasteiger partial charge in [-0.1, -0.05) is 42.5 Å². The Labute approximate surface area is 110 Å². The van der Waals surface area contributed by atoms with Crippen LogP contribution in [-0.2, 0) is 11.2 Å². The highest BCUT2D eigenvalue weighted by Crippen LogP contribution is 2.01. The first kappa shape index (κ1) is 13.0. The topological polar surface area (TPSA) is 41.5 Å². The molecule has 0 aliphatic rings. The Kier molecular flexibility index (Phi) is 4.39. The first-order chi connectivity index (χ1) is 9.24. The molecule has 0 saturated heterocycles. The highest BCUT2D eigenvalue weighted by atomic mass is 19.1. The Morgan fingerprint density at radius 2 is 1.95 bits per heavy atom. The Morgan fingerprint density at radius 1 is 1.16 bits per heavy atom. The van der Waals surface area contributed by atoms with Crippen LogP contribution in [0.5, 0.6) is 0 Å². The molecular weight excluding hydrogens is 243 g/mol. The first-order valence-corrected chi connectivity index (χ1v) is 5.85. The Bertz CT molecular complexity index is 582. The fourth-order valence-electron chi connectivity index (χ4n) is 1.59. The standard InChI is InChI=1S/C15H13FN2O/c16-14-8-4-7-13(9-14)11-17-18-15(19)10-12-5-2-1-3-6-12/h1-9,11H,10H2,(H,18,19). The maximum atomic E-state index is 12.9. The number of hydrogen-bond donors (Lipinski definition) is 1. The van der Waals surface area contributed by atoms with Gasteiger partial charge in [-0.2, -0.15) is 5.10 Å². The van der Waals surface area contributed by atoms with E-state index in [0.717, 1.165) is 5.56 Å². The van der Waals surface area contributed by atoms with Gasteiger partial charge in [0.25, 0.3) is 0 Å². The molecule has 0 bridgehead atoms. The van der Waals surface area contributed by atoms with Crippen molar-refractivity contribution in [3.63, 3.8) is 0 Å². The number of nitrogens with zero attached hydrogens (tertiary/aromatic N) is 1. The summed E-state index contributed by atoms with van der Waals surface area (Å²) in [7, 11) is 0. The van der Waals surface area contributed by atoms with Crippen molar-refractivity contribution in [3.8, 4) is 0 Å². The van der Waals surface area contributed by atoms with E-state index >= 15 is 0 Å². The summed E-state index contributed by atoms with van der Waals surface area (Å²) in [4.78, 5) is 11.6. The van der Waals surface area contributed by atoms with Crippen molar-refractivity contribution < 1.29 is 9.18 Å². The number of benzene rings is 2. The summed E-state index contributed by atoms with van der Waals surface area (Å²) in [6.45, 7) is 0. The Balaban J connectivity index is 1.87. The summed E-state index contributed by atoms with van der Waals surface area (Å²) < 4.78 is 12.9. The average molecular weight is 256 g/mol. The highest BCUT2D eigenvalue weighted by Gasteiger charge is 2.00. The zero-order valence-electron chi connectivity index (χ0n) is 10.2. The van der Waals surface area contributed by atoms with Crippen molar-refractivity contribution in [2.45, 2.75) is 6.42 Å². The number of halogens is 1. The van der Waals surface area contributed by atoms with Crippen LogP contribution in [0.25, 0.3) is 0 Å². The molecule has 0 aliphatic carbocycles. The lowest BCUT2D eigenvalue weighted by atomic mass is 10.1. The molecule has 2 aromatic carbocycles. The Morgan fingerprint density at radius 3 is 2.68 bits per heavy atom. The van der Waals surface area contributed by atoms with Gasteiger partial charge in [0.15, 0.2) is 0 Å². The van der Waals surface area contributed by atoms with Crippen LogP contribution in [0.1, 0.15) is 11.1 Å². The molecule has 0 aliphatic heterocycles. The normalized spacial score (nSPS) is 10.6. The molecular formula is C15H13FN2O. The van der Waals surface area contributed by atoms with Gasteiger partial charge < -0.3 is 0 Å². The number of nitrogens with one attached hydrogen (secondary N) is 1. The van der Waals surface area contributed by atoms with Crippen LogP contribution in [-0.4, -0.2) is 12.1 Å². The van der Waals surface area contributed by atoms with E-state index in [0.29, 0.717) is 5.56 Å². The molecule has 1 N–H and O–H groups in total. The molecule has 0 aromatic heterocycles. The first-order valence-electron chi connectivity index (χ1n) is 5.85. The van der Waals surface area contributed by atoms with Gasteiger partial charge in [0.2, 0.25) is 5.91 Å². The minimum atomic E-state index is -0.334. The van der Waals surface area contributed by atoms with E-state index in [1.807, 2.05) is 30.3 Å². The van der Waals surface area contributed by atoms with E-state index in [4.69, 9.17) is 0 Å². The lowest BCUT2D eigenvalue weighted by Gasteiger charge is -1.99. The summed E-state index contributed by atoms with van der Waals surface area (Å²) in [5.41, 5.74) is 3.92. The maximum absolute atomic E-state index is 12.9. The van der Waals surface area contributed by atoms with Crippen molar-refractivity contribution in [1.82, 2.24) is 5.43 Å². The number of carbonyl (C=O) groups is 1. The van der Waals surface area contributed by atoms with Crippen LogP contribution in [0.3, 0.4) is 0 Å². The van der Waals surface area contributed by atoms with Gasteiger partial charge >= 0.3 is 0 Å².